The molecule has 0 amide bonds. The monoisotopic (exact) mass is 354 g/mol. The molecule has 142 valence electrons. The Bertz CT molecular complexity index is 504. The molecule has 0 spiro atoms. The van der Waals surface area contributed by atoms with Gasteiger partial charge < -0.3 is 29.5 Å². The lowest BCUT2D eigenvalue weighted by Crippen LogP contribution is -3.28. The van der Waals surface area contributed by atoms with Crippen molar-refractivity contribution in [3.8, 4) is 5.75 Å². The van der Waals surface area contributed by atoms with Crippen molar-refractivity contribution in [2.24, 2.45) is 0 Å². The Kier molecular flexibility index (Phi) is 8.64. The van der Waals surface area contributed by atoms with Gasteiger partial charge in [-0.15, -0.1) is 0 Å². The average Bonchev–Trinajstić information content (AvgIpc) is 2.60. The summed E-state index contributed by atoms with van der Waals surface area (Å²) >= 11 is 0. The van der Waals surface area contributed by atoms with Crippen molar-refractivity contribution in [2.75, 3.05) is 65.7 Å². The van der Waals surface area contributed by atoms with Gasteiger partial charge in [0.15, 0.2) is 0 Å². The SMILES string of the molecule is Cc1ccc(OCCOC[C@@H](O)C[NH+]2CC[NH+](CCO)CC2)cc1C. The summed E-state index contributed by atoms with van der Waals surface area (Å²) in [5.41, 5.74) is 2.48. The van der Waals surface area contributed by atoms with Crippen molar-refractivity contribution in [1.82, 2.24) is 0 Å². The first kappa shape index (κ1) is 20.1. The normalized spacial score (nSPS) is 21.9. The van der Waals surface area contributed by atoms with Gasteiger partial charge in [0, 0.05) is 0 Å². The lowest BCUT2D eigenvalue weighted by molar-refractivity contribution is -1.01. The second kappa shape index (κ2) is 10.7. The zero-order valence-corrected chi connectivity index (χ0v) is 15.6. The summed E-state index contributed by atoms with van der Waals surface area (Å²) in [6, 6.07) is 6.06. The average molecular weight is 354 g/mol. The van der Waals surface area contributed by atoms with Crippen molar-refractivity contribution >= 4 is 0 Å². The molecule has 0 aliphatic carbocycles. The zero-order chi connectivity index (χ0) is 18.1. The summed E-state index contributed by atoms with van der Waals surface area (Å²) in [6.45, 7) is 11.5. The fourth-order valence-corrected chi connectivity index (χ4v) is 3.20. The smallest absolute Gasteiger partial charge is 0.127 e. The topological polar surface area (TPSA) is 67.8 Å². The van der Waals surface area contributed by atoms with Gasteiger partial charge in [0.2, 0.25) is 0 Å². The molecule has 0 aromatic heterocycles. The Hall–Kier alpha value is -1.18. The Morgan fingerprint density at radius 2 is 1.76 bits per heavy atom. The van der Waals surface area contributed by atoms with Crippen molar-refractivity contribution in [2.45, 2.75) is 20.0 Å². The molecule has 1 aliphatic heterocycles. The third kappa shape index (κ3) is 7.30. The van der Waals surface area contributed by atoms with E-state index >= 15 is 0 Å². The van der Waals surface area contributed by atoms with Gasteiger partial charge in [-0.25, -0.2) is 0 Å². The number of aliphatic hydroxyl groups is 2. The third-order valence-corrected chi connectivity index (χ3v) is 4.94. The summed E-state index contributed by atoms with van der Waals surface area (Å²) in [4.78, 5) is 2.88. The molecule has 6 heteroatoms. The summed E-state index contributed by atoms with van der Waals surface area (Å²) in [5, 5.41) is 19.1. The molecule has 25 heavy (non-hydrogen) atoms. The lowest BCUT2D eigenvalue weighted by Gasteiger charge is -2.30. The first-order valence-corrected chi connectivity index (χ1v) is 9.32. The van der Waals surface area contributed by atoms with Gasteiger partial charge in [-0.3, -0.25) is 0 Å². The number of hydrogen-bond donors (Lipinski definition) is 4. The molecule has 1 aromatic carbocycles. The molecular weight excluding hydrogens is 320 g/mol. The van der Waals surface area contributed by atoms with Crippen LogP contribution in [0.1, 0.15) is 11.1 Å². The minimum Gasteiger partial charge on any atom is -0.491 e. The van der Waals surface area contributed by atoms with E-state index in [0.717, 1.165) is 45.0 Å². The summed E-state index contributed by atoms with van der Waals surface area (Å²) in [7, 11) is 0. The predicted octanol–water partition coefficient (Wildman–Crippen LogP) is -2.16. The van der Waals surface area contributed by atoms with E-state index in [9.17, 15) is 5.11 Å². The van der Waals surface area contributed by atoms with Crippen LogP contribution in [0.15, 0.2) is 18.2 Å². The van der Waals surface area contributed by atoms with E-state index < -0.39 is 6.10 Å². The molecule has 0 radical (unpaired) electrons. The third-order valence-electron chi connectivity index (χ3n) is 4.94. The molecule has 0 saturated carbocycles. The van der Waals surface area contributed by atoms with Crippen molar-refractivity contribution in [3.63, 3.8) is 0 Å². The lowest BCUT2D eigenvalue weighted by atomic mass is 10.1. The molecule has 0 unspecified atom stereocenters. The molecule has 4 N–H and O–H groups in total. The minimum absolute atomic E-state index is 0.255. The number of ether oxygens (including phenoxy) is 2. The van der Waals surface area contributed by atoms with Crippen LogP contribution in [-0.2, 0) is 4.74 Å². The Labute approximate surface area is 151 Å². The number of quaternary nitrogens is 2. The largest absolute Gasteiger partial charge is 0.491 e. The molecule has 1 aliphatic rings. The fraction of sp³-hybridized carbons (Fsp3) is 0.684. The highest BCUT2D eigenvalue weighted by atomic mass is 16.5. The number of aliphatic hydroxyl groups excluding tert-OH is 2. The van der Waals surface area contributed by atoms with Crippen molar-refractivity contribution in [1.29, 1.82) is 0 Å². The molecule has 1 saturated heterocycles. The number of piperazine rings is 1. The number of benzene rings is 1. The first-order valence-electron chi connectivity index (χ1n) is 9.32. The number of nitrogens with one attached hydrogen (secondary N) is 2. The predicted molar refractivity (Wildman–Crippen MR) is 96.5 cm³/mol. The van der Waals surface area contributed by atoms with E-state index in [1.54, 1.807) is 0 Å². The minimum atomic E-state index is -0.434. The molecule has 1 heterocycles. The maximum Gasteiger partial charge on any atom is 0.127 e. The van der Waals surface area contributed by atoms with Crippen LogP contribution in [0.3, 0.4) is 0 Å². The van der Waals surface area contributed by atoms with Gasteiger partial charge in [-0.05, 0) is 37.1 Å². The van der Waals surface area contributed by atoms with E-state index in [0.29, 0.717) is 19.8 Å². The van der Waals surface area contributed by atoms with Crippen LogP contribution in [0.5, 0.6) is 5.75 Å². The van der Waals surface area contributed by atoms with Gasteiger partial charge in [0.25, 0.3) is 0 Å². The van der Waals surface area contributed by atoms with E-state index in [1.165, 1.54) is 20.9 Å². The van der Waals surface area contributed by atoms with Crippen LogP contribution in [0.25, 0.3) is 0 Å². The second-order valence-corrected chi connectivity index (χ2v) is 7.00. The van der Waals surface area contributed by atoms with Crippen LogP contribution in [0, 0.1) is 13.8 Å². The van der Waals surface area contributed by atoms with Crippen molar-refractivity contribution < 1.29 is 29.5 Å². The van der Waals surface area contributed by atoms with Gasteiger partial charge in [0.05, 0.1) is 19.8 Å². The Morgan fingerprint density at radius 1 is 1.04 bits per heavy atom. The van der Waals surface area contributed by atoms with Crippen LogP contribution in [-0.4, -0.2) is 82.0 Å². The Morgan fingerprint density at radius 3 is 2.44 bits per heavy atom. The number of aryl methyl sites for hydroxylation is 2. The number of rotatable bonds is 10. The van der Waals surface area contributed by atoms with Crippen LogP contribution in [0.4, 0.5) is 0 Å². The quantitative estimate of drug-likeness (QED) is 0.361. The van der Waals surface area contributed by atoms with E-state index in [4.69, 9.17) is 14.6 Å². The molecule has 1 atom stereocenters. The van der Waals surface area contributed by atoms with Crippen LogP contribution >= 0.6 is 0 Å². The molecule has 6 nitrogen and oxygen atoms in total. The molecule has 1 aromatic rings. The van der Waals surface area contributed by atoms with E-state index in [1.807, 2.05) is 12.1 Å². The summed E-state index contributed by atoms with van der Waals surface area (Å²) in [5.74, 6) is 0.861. The van der Waals surface area contributed by atoms with Crippen molar-refractivity contribution in [3.05, 3.63) is 29.3 Å². The molecule has 2 rings (SSSR count). The van der Waals surface area contributed by atoms with Crippen LogP contribution < -0.4 is 14.5 Å². The fourth-order valence-electron chi connectivity index (χ4n) is 3.20. The molecular formula is C19H34N2O4+2. The van der Waals surface area contributed by atoms with Gasteiger partial charge >= 0.3 is 0 Å². The van der Waals surface area contributed by atoms with Gasteiger partial charge in [-0.1, -0.05) is 6.07 Å². The molecule has 0 bridgehead atoms. The highest BCUT2D eigenvalue weighted by Crippen LogP contribution is 2.16. The second-order valence-electron chi connectivity index (χ2n) is 7.00. The highest BCUT2D eigenvalue weighted by Gasteiger charge is 2.24. The summed E-state index contributed by atoms with van der Waals surface area (Å²) in [6.07, 6.45) is -0.434. The van der Waals surface area contributed by atoms with E-state index in [2.05, 4.69) is 19.9 Å². The standard InChI is InChI=1S/C19H32N2O4/c1-16-3-4-19(13-17(16)2)25-12-11-24-15-18(23)14-21-7-5-20(6-8-21)9-10-22/h3-4,13,18,22-23H,5-12,14-15H2,1-2H3/p+2/t18-/m0/s1. The maximum absolute atomic E-state index is 10.1. The maximum atomic E-state index is 10.1. The number of hydrogen-bond acceptors (Lipinski definition) is 4. The molecule has 1 fully saturated rings. The Balaban J connectivity index is 1.53. The highest BCUT2D eigenvalue weighted by molar-refractivity contribution is 5.33. The van der Waals surface area contributed by atoms with Crippen LogP contribution in [0.2, 0.25) is 0 Å². The first-order chi connectivity index (χ1) is 12.1. The zero-order valence-electron chi connectivity index (χ0n) is 15.6. The van der Waals surface area contributed by atoms with E-state index in [-0.39, 0.29) is 6.61 Å². The van der Waals surface area contributed by atoms with Gasteiger partial charge in [0.1, 0.15) is 57.7 Å². The van der Waals surface area contributed by atoms with Gasteiger partial charge in [-0.2, -0.15) is 0 Å². The summed E-state index contributed by atoms with van der Waals surface area (Å²) < 4.78 is 11.2.